The SMILES string of the molecule is O=C(NC(=O)c1ccco1)NC(C(=O)[O-])c1ccccc1.[Na+]. The Hall–Kier alpha value is -2.09. The molecule has 1 atom stereocenters. The van der Waals surface area contributed by atoms with E-state index in [1.807, 2.05) is 5.32 Å². The van der Waals surface area contributed by atoms with E-state index in [1.54, 1.807) is 18.2 Å². The normalized spacial score (nSPS) is 10.9. The number of carbonyl (C=O) groups excluding carboxylic acids is 3. The van der Waals surface area contributed by atoms with Gasteiger partial charge in [-0.15, -0.1) is 0 Å². The molecule has 0 saturated carbocycles. The van der Waals surface area contributed by atoms with Crippen LogP contribution in [0.2, 0.25) is 0 Å². The van der Waals surface area contributed by atoms with E-state index in [4.69, 9.17) is 4.42 Å². The molecule has 0 aliphatic heterocycles. The first kappa shape index (κ1) is 18.0. The van der Waals surface area contributed by atoms with Gasteiger partial charge in [0.05, 0.1) is 18.3 Å². The second-order valence-electron chi connectivity index (χ2n) is 4.07. The van der Waals surface area contributed by atoms with E-state index >= 15 is 0 Å². The molecule has 22 heavy (non-hydrogen) atoms. The van der Waals surface area contributed by atoms with Crippen molar-refractivity contribution in [2.24, 2.45) is 0 Å². The van der Waals surface area contributed by atoms with Crippen molar-refractivity contribution in [3.63, 3.8) is 0 Å². The summed E-state index contributed by atoms with van der Waals surface area (Å²) in [6.45, 7) is 0. The second-order valence-corrected chi connectivity index (χ2v) is 4.07. The van der Waals surface area contributed by atoms with Gasteiger partial charge in [-0.1, -0.05) is 30.3 Å². The van der Waals surface area contributed by atoms with Crippen LogP contribution in [0.1, 0.15) is 22.2 Å². The van der Waals surface area contributed by atoms with Crippen molar-refractivity contribution < 1.29 is 53.5 Å². The summed E-state index contributed by atoms with van der Waals surface area (Å²) in [5, 5.41) is 15.2. The summed E-state index contributed by atoms with van der Waals surface area (Å²) in [4.78, 5) is 34.3. The third-order valence-corrected chi connectivity index (χ3v) is 2.62. The molecule has 1 heterocycles. The maximum absolute atomic E-state index is 11.7. The number of carboxylic acids is 1. The predicted molar refractivity (Wildman–Crippen MR) is 68.9 cm³/mol. The number of benzene rings is 1. The molecular formula is C14H11N2NaO5. The van der Waals surface area contributed by atoms with Crippen LogP contribution >= 0.6 is 0 Å². The van der Waals surface area contributed by atoms with Crippen LogP contribution < -0.4 is 45.3 Å². The standard InChI is InChI=1S/C14H12N2O5.Na/c17-12(10-7-4-8-21-10)16-14(20)15-11(13(18)19)9-5-2-1-3-6-9;/h1-8,11H,(H,18,19)(H2,15,16,17,20);/q;+1/p-1. The van der Waals surface area contributed by atoms with Gasteiger partial charge in [0.2, 0.25) is 0 Å². The van der Waals surface area contributed by atoms with Crippen LogP contribution in [0.4, 0.5) is 4.79 Å². The van der Waals surface area contributed by atoms with Crippen molar-refractivity contribution in [3.8, 4) is 0 Å². The number of urea groups is 1. The van der Waals surface area contributed by atoms with E-state index in [-0.39, 0.29) is 35.3 Å². The molecule has 108 valence electrons. The number of aliphatic carboxylic acids is 1. The van der Waals surface area contributed by atoms with Gasteiger partial charge in [-0.25, -0.2) is 4.79 Å². The molecule has 7 nitrogen and oxygen atoms in total. The van der Waals surface area contributed by atoms with Gasteiger partial charge in [-0.05, 0) is 17.7 Å². The maximum Gasteiger partial charge on any atom is 1.00 e. The van der Waals surface area contributed by atoms with Crippen molar-refractivity contribution in [2.75, 3.05) is 0 Å². The minimum absolute atomic E-state index is 0. The first-order chi connectivity index (χ1) is 10.1. The Labute approximate surface area is 148 Å². The van der Waals surface area contributed by atoms with E-state index in [2.05, 4.69) is 5.32 Å². The predicted octanol–water partition coefficient (Wildman–Crippen LogP) is -2.79. The van der Waals surface area contributed by atoms with Gasteiger partial charge in [0.15, 0.2) is 5.76 Å². The molecular weight excluding hydrogens is 299 g/mol. The average molecular weight is 310 g/mol. The molecule has 2 rings (SSSR count). The van der Waals surface area contributed by atoms with Gasteiger partial charge in [0, 0.05) is 0 Å². The zero-order valence-electron chi connectivity index (χ0n) is 11.7. The van der Waals surface area contributed by atoms with Crippen molar-refractivity contribution in [1.82, 2.24) is 10.6 Å². The van der Waals surface area contributed by atoms with Crippen LogP contribution in [0.15, 0.2) is 53.1 Å². The largest absolute Gasteiger partial charge is 1.00 e. The van der Waals surface area contributed by atoms with Crippen LogP contribution in [0.3, 0.4) is 0 Å². The van der Waals surface area contributed by atoms with Crippen LogP contribution in [0, 0.1) is 0 Å². The molecule has 0 spiro atoms. The molecule has 0 radical (unpaired) electrons. The van der Waals surface area contributed by atoms with Crippen LogP contribution in [-0.4, -0.2) is 17.9 Å². The maximum atomic E-state index is 11.7. The Kier molecular flexibility index (Phi) is 6.84. The number of amides is 3. The first-order valence-corrected chi connectivity index (χ1v) is 5.99. The zero-order valence-corrected chi connectivity index (χ0v) is 13.7. The summed E-state index contributed by atoms with van der Waals surface area (Å²) in [7, 11) is 0. The zero-order chi connectivity index (χ0) is 15.2. The molecule has 0 aliphatic rings. The number of hydrogen-bond donors (Lipinski definition) is 2. The fraction of sp³-hybridized carbons (Fsp3) is 0.0714. The van der Waals surface area contributed by atoms with Gasteiger partial charge in [-0.2, -0.15) is 0 Å². The van der Waals surface area contributed by atoms with E-state index < -0.39 is 23.9 Å². The Bertz CT molecular complexity index is 643. The topological polar surface area (TPSA) is 111 Å². The third-order valence-electron chi connectivity index (χ3n) is 2.62. The summed E-state index contributed by atoms with van der Waals surface area (Å²) in [6.07, 6.45) is 1.28. The minimum atomic E-state index is -1.48. The van der Waals surface area contributed by atoms with Crippen molar-refractivity contribution >= 4 is 17.9 Å². The van der Waals surface area contributed by atoms with E-state index in [0.717, 1.165) is 0 Å². The van der Waals surface area contributed by atoms with Gasteiger partial charge in [0.1, 0.15) is 0 Å². The number of rotatable bonds is 4. The number of nitrogens with one attached hydrogen (secondary N) is 2. The Morgan fingerprint density at radius 2 is 1.73 bits per heavy atom. The van der Waals surface area contributed by atoms with Crippen molar-refractivity contribution in [1.29, 1.82) is 0 Å². The summed E-state index contributed by atoms with van der Waals surface area (Å²) >= 11 is 0. The molecule has 2 aromatic rings. The smallest absolute Gasteiger partial charge is 0.548 e. The summed E-state index contributed by atoms with van der Waals surface area (Å²) in [5.74, 6) is -2.32. The monoisotopic (exact) mass is 310 g/mol. The van der Waals surface area contributed by atoms with Gasteiger partial charge in [-0.3, -0.25) is 10.1 Å². The van der Waals surface area contributed by atoms with E-state index in [9.17, 15) is 19.5 Å². The Morgan fingerprint density at radius 3 is 2.27 bits per heavy atom. The molecule has 1 aromatic heterocycles. The molecule has 2 N–H and O–H groups in total. The van der Waals surface area contributed by atoms with Crippen LogP contribution in [0.25, 0.3) is 0 Å². The molecule has 3 amide bonds. The number of hydrogen-bond acceptors (Lipinski definition) is 5. The van der Waals surface area contributed by atoms with Crippen molar-refractivity contribution in [2.45, 2.75) is 6.04 Å². The van der Waals surface area contributed by atoms with Gasteiger partial charge in [0.25, 0.3) is 5.91 Å². The number of imide groups is 1. The first-order valence-electron chi connectivity index (χ1n) is 5.99. The van der Waals surface area contributed by atoms with E-state index in [1.165, 1.54) is 30.5 Å². The molecule has 8 heteroatoms. The summed E-state index contributed by atoms with van der Waals surface area (Å²) in [5.41, 5.74) is 0.332. The molecule has 0 fully saturated rings. The van der Waals surface area contributed by atoms with Crippen LogP contribution in [-0.2, 0) is 4.79 Å². The Morgan fingerprint density at radius 1 is 1.05 bits per heavy atom. The van der Waals surface area contributed by atoms with Crippen molar-refractivity contribution in [3.05, 3.63) is 60.1 Å². The summed E-state index contributed by atoms with van der Waals surface area (Å²) < 4.78 is 4.81. The third kappa shape index (κ3) is 4.73. The quantitative estimate of drug-likeness (QED) is 0.593. The van der Waals surface area contributed by atoms with Gasteiger partial charge < -0.3 is 19.6 Å². The van der Waals surface area contributed by atoms with Gasteiger partial charge >= 0.3 is 35.6 Å². The molecule has 0 aliphatic carbocycles. The average Bonchev–Trinajstić information content (AvgIpc) is 2.99. The summed E-state index contributed by atoms with van der Waals surface area (Å²) in [6, 6.07) is 8.53. The molecule has 1 unspecified atom stereocenters. The fourth-order valence-corrected chi connectivity index (χ4v) is 1.66. The number of furan rings is 1. The number of carbonyl (C=O) groups is 3. The molecule has 1 aromatic carbocycles. The minimum Gasteiger partial charge on any atom is -0.548 e. The molecule has 0 saturated heterocycles. The fourth-order valence-electron chi connectivity index (χ4n) is 1.66. The van der Waals surface area contributed by atoms with Crippen LogP contribution in [0.5, 0.6) is 0 Å². The number of carboxylic acid groups (broad SMARTS) is 1. The second kappa shape index (κ2) is 8.38. The van der Waals surface area contributed by atoms with E-state index in [0.29, 0.717) is 5.56 Å². The molecule has 0 bridgehead atoms. The Balaban J connectivity index is 0.00000242.